The first-order chi connectivity index (χ1) is 14.8. The number of benzene rings is 2. The quantitative estimate of drug-likeness (QED) is 0.331. The van der Waals surface area contributed by atoms with Crippen LogP contribution >= 0.6 is 0 Å². The molecule has 0 aromatic heterocycles. The highest BCUT2D eigenvalue weighted by Crippen LogP contribution is 2.42. The summed E-state index contributed by atoms with van der Waals surface area (Å²) >= 11 is 0. The summed E-state index contributed by atoms with van der Waals surface area (Å²) in [5.74, 6) is 0.659. The Morgan fingerprint density at radius 1 is 0.733 bits per heavy atom. The summed E-state index contributed by atoms with van der Waals surface area (Å²) in [6, 6.07) is 12.8. The van der Waals surface area contributed by atoms with Gasteiger partial charge < -0.3 is 5.11 Å². The van der Waals surface area contributed by atoms with Gasteiger partial charge in [0.15, 0.2) is 0 Å². The zero-order valence-electron chi connectivity index (χ0n) is 19.1. The van der Waals surface area contributed by atoms with Crippen molar-refractivity contribution < 1.29 is 5.11 Å². The Bertz CT molecular complexity index is 817. The van der Waals surface area contributed by atoms with Gasteiger partial charge in [0.05, 0.1) is 0 Å². The highest BCUT2D eigenvalue weighted by molar-refractivity contribution is 5.67. The average Bonchev–Trinajstić information content (AvgIpc) is 3.18. The van der Waals surface area contributed by atoms with E-state index in [2.05, 4.69) is 56.3 Å². The second-order valence-electron chi connectivity index (χ2n) is 8.93. The molecule has 0 spiro atoms. The summed E-state index contributed by atoms with van der Waals surface area (Å²) < 4.78 is 0. The molecule has 162 valence electrons. The van der Waals surface area contributed by atoms with E-state index < -0.39 is 0 Å². The monoisotopic (exact) mass is 404 g/mol. The average molecular weight is 405 g/mol. The normalized spacial score (nSPS) is 14.9. The minimum Gasteiger partial charge on any atom is -0.508 e. The highest BCUT2D eigenvalue weighted by Gasteiger charge is 2.25. The van der Waals surface area contributed by atoms with Gasteiger partial charge in [-0.05, 0) is 54.0 Å². The molecule has 0 saturated heterocycles. The number of phenolic OH excluding ortho intramolecular Hbond substituents is 1. The van der Waals surface area contributed by atoms with Crippen LogP contribution in [0.25, 0.3) is 6.08 Å². The van der Waals surface area contributed by atoms with Gasteiger partial charge in [0.25, 0.3) is 0 Å². The van der Waals surface area contributed by atoms with Crippen LogP contribution < -0.4 is 0 Å². The van der Waals surface area contributed by atoms with Crippen molar-refractivity contribution in [3.8, 4) is 5.75 Å². The fourth-order valence-corrected chi connectivity index (χ4v) is 4.90. The predicted molar refractivity (Wildman–Crippen MR) is 130 cm³/mol. The van der Waals surface area contributed by atoms with E-state index in [4.69, 9.17) is 0 Å². The van der Waals surface area contributed by atoms with E-state index in [-0.39, 0.29) is 5.92 Å². The molecular weight excluding hydrogens is 364 g/mol. The van der Waals surface area contributed by atoms with Gasteiger partial charge >= 0.3 is 0 Å². The zero-order chi connectivity index (χ0) is 21.2. The SMILES string of the molecule is CCCCCCCc1ccc(O)c(C2C=Cc3ccccc32)c1CCCCCCC. The molecule has 30 heavy (non-hydrogen) atoms. The topological polar surface area (TPSA) is 20.2 Å². The number of phenols is 1. The summed E-state index contributed by atoms with van der Waals surface area (Å²) in [6.07, 6.45) is 19.7. The molecule has 3 rings (SSSR count). The van der Waals surface area contributed by atoms with Gasteiger partial charge in [-0.1, -0.05) is 108 Å². The second kappa shape index (κ2) is 12.0. The summed E-state index contributed by atoms with van der Waals surface area (Å²) in [5, 5.41) is 11.0. The maximum absolute atomic E-state index is 11.0. The van der Waals surface area contributed by atoms with Crippen LogP contribution in [0.15, 0.2) is 42.5 Å². The molecule has 0 bridgehead atoms. The van der Waals surface area contributed by atoms with Crippen LogP contribution in [0.4, 0.5) is 0 Å². The lowest BCUT2D eigenvalue weighted by Gasteiger charge is -2.21. The highest BCUT2D eigenvalue weighted by atomic mass is 16.3. The maximum Gasteiger partial charge on any atom is 0.120 e. The number of aromatic hydroxyl groups is 1. The summed E-state index contributed by atoms with van der Waals surface area (Å²) in [4.78, 5) is 0. The van der Waals surface area contributed by atoms with Crippen molar-refractivity contribution >= 4 is 6.08 Å². The molecule has 1 nitrogen and oxygen atoms in total. The van der Waals surface area contributed by atoms with Crippen molar-refractivity contribution in [3.05, 3.63) is 70.3 Å². The molecule has 0 saturated carbocycles. The molecule has 1 aliphatic carbocycles. The van der Waals surface area contributed by atoms with Crippen molar-refractivity contribution in [2.24, 2.45) is 0 Å². The smallest absolute Gasteiger partial charge is 0.120 e. The van der Waals surface area contributed by atoms with E-state index in [0.29, 0.717) is 5.75 Å². The molecule has 0 aliphatic heterocycles. The molecule has 0 fully saturated rings. The first-order valence-corrected chi connectivity index (χ1v) is 12.4. The molecule has 0 amide bonds. The molecule has 2 aromatic rings. The van der Waals surface area contributed by atoms with Crippen molar-refractivity contribution in [2.45, 2.75) is 96.8 Å². The van der Waals surface area contributed by atoms with E-state index in [1.54, 1.807) is 0 Å². The Morgan fingerprint density at radius 3 is 2.13 bits per heavy atom. The Kier molecular flexibility index (Phi) is 9.05. The zero-order valence-corrected chi connectivity index (χ0v) is 19.1. The molecule has 1 N–H and O–H groups in total. The van der Waals surface area contributed by atoms with Gasteiger partial charge in [-0.15, -0.1) is 0 Å². The lowest BCUT2D eigenvalue weighted by Crippen LogP contribution is -2.06. The molecule has 1 heteroatoms. The number of aryl methyl sites for hydroxylation is 1. The summed E-state index contributed by atoms with van der Waals surface area (Å²) in [6.45, 7) is 4.55. The maximum atomic E-state index is 11.0. The predicted octanol–water partition coefficient (Wildman–Crippen LogP) is 8.58. The van der Waals surface area contributed by atoms with E-state index >= 15 is 0 Å². The lowest BCUT2D eigenvalue weighted by atomic mass is 9.83. The van der Waals surface area contributed by atoms with E-state index in [1.165, 1.54) is 86.5 Å². The molecule has 1 unspecified atom stereocenters. The number of hydrogen-bond acceptors (Lipinski definition) is 1. The molecule has 1 atom stereocenters. The third-order valence-corrected chi connectivity index (χ3v) is 6.62. The Hall–Kier alpha value is -2.02. The van der Waals surface area contributed by atoms with Crippen LogP contribution in [0.3, 0.4) is 0 Å². The second-order valence-corrected chi connectivity index (χ2v) is 8.93. The standard InChI is InChI=1S/C29H40O/c1-3-5-7-9-11-15-24-20-22-28(30)29(26(24)18-12-10-8-6-4-2)27-21-19-23-16-13-14-17-25(23)27/h13-14,16-17,19-22,27,30H,3-12,15,18H2,1-2H3. The van der Waals surface area contributed by atoms with E-state index in [9.17, 15) is 5.11 Å². The van der Waals surface area contributed by atoms with Gasteiger partial charge in [-0.25, -0.2) is 0 Å². The number of allylic oxidation sites excluding steroid dienone is 1. The molecule has 1 aliphatic rings. The molecule has 2 aromatic carbocycles. The Labute approximate surface area is 184 Å². The van der Waals surface area contributed by atoms with Gasteiger partial charge in [0.2, 0.25) is 0 Å². The Morgan fingerprint density at radius 2 is 1.40 bits per heavy atom. The number of rotatable bonds is 13. The third-order valence-electron chi connectivity index (χ3n) is 6.62. The first-order valence-electron chi connectivity index (χ1n) is 12.4. The number of hydrogen-bond donors (Lipinski definition) is 1. The third kappa shape index (κ3) is 5.78. The molecule has 0 heterocycles. The van der Waals surface area contributed by atoms with Crippen molar-refractivity contribution in [2.75, 3.05) is 0 Å². The lowest BCUT2D eigenvalue weighted by molar-refractivity contribution is 0.465. The molecular formula is C29H40O. The fraction of sp³-hybridized carbons (Fsp3) is 0.517. The van der Waals surface area contributed by atoms with Crippen molar-refractivity contribution in [3.63, 3.8) is 0 Å². The minimum atomic E-state index is 0.187. The fourth-order valence-electron chi connectivity index (χ4n) is 4.90. The first kappa shape index (κ1) is 22.7. The molecule has 0 radical (unpaired) electrons. The van der Waals surface area contributed by atoms with E-state index in [0.717, 1.165) is 18.4 Å². The van der Waals surface area contributed by atoms with E-state index in [1.807, 2.05) is 6.07 Å². The van der Waals surface area contributed by atoms with Crippen LogP contribution in [0.2, 0.25) is 0 Å². The van der Waals surface area contributed by atoms with Crippen LogP contribution in [0.5, 0.6) is 5.75 Å². The summed E-state index contributed by atoms with van der Waals surface area (Å²) in [5.41, 5.74) is 6.68. The van der Waals surface area contributed by atoms with Gasteiger partial charge in [0.1, 0.15) is 5.75 Å². The van der Waals surface area contributed by atoms with Crippen LogP contribution in [0.1, 0.15) is 112 Å². The largest absolute Gasteiger partial charge is 0.508 e. The van der Waals surface area contributed by atoms with Crippen LogP contribution in [0, 0.1) is 0 Å². The number of fused-ring (bicyclic) bond motifs is 1. The van der Waals surface area contributed by atoms with Gasteiger partial charge in [-0.3, -0.25) is 0 Å². The minimum absolute atomic E-state index is 0.187. The van der Waals surface area contributed by atoms with Gasteiger partial charge in [0, 0.05) is 11.5 Å². The Balaban J connectivity index is 1.84. The van der Waals surface area contributed by atoms with Crippen molar-refractivity contribution in [1.82, 2.24) is 0 Å². The summed E-state index contributed by atoms with van der Waals surface area (Å²) in [7, 11) is 0. The van der Waals surface area contributed by atoms with Crippen LogP contribution in [-0.2, 0) is 12.8 Å². The number of unbranched alkanes of at least 4 members (excludes halogenated alkanes) is 8. The van der Waals surface area contributed by atoms with Crippen LogP contribution in [-0.4, -0.2) is 5.11 Å². The van der Waals surface area contributed by atoms with Gasteiger partial charge in [-0.2, -0.15) is 0 Å². The van der Waals surface area contributed by atoms with Crippen molar-refractivity contribution in [1.29, 1.82) is 0 Å².